The Morgan fingerprint density at radius 2 is 2.11 bits per heavy atom. The molecular weight excluding hydrogens is 346 g/mol. The molecule has 3 amide bonds. The Bertz CT molecular complexity index is 625. The number of hydrogen-bond acceptors (Lipinski definition) is 5. The molecule has 0 spiro atoms. The molecule has 1 aromatic heterocycles. The molecule has 1 aliphatic rings. The van der Waals surface area contributed by atoms with E-state index in [4.69, 9.17) is 10.5 Å². The zero-order valence-electron chi connectivity index (χ0n) is 16.2. The number of pyridine rings is 1. The zero-order chi connectivity index (χ0) is 19.6. The second-order valence-corrected chi connectivity index (χ2v) is 6.80. The van der Waals surface area contributed by atoms with E-state index >= 15 is 0 Å². The highest BCUT2D eigenvalue weighted by molar-refractivity contribution is 5.79. The molecule has 1 saturated carbocycles. The van der Waals surface area contributed by atoms with Crippen molar-refractivity contribution >= 4 is 17.8 Å². The highest BCUT2D eigenvalue weighted by Gasteiger charge is 2.35. The number of aromatic nitrogens is 1. The Kier molecular flexibility index (Phi) is 8.32. The van der Waals surface area contributed by atoms with Gasteiger partial charge in [0.15, 0.2) is 0 Å². The van der Waals surface area contributed by atoms with Crippen molar-refractivity contribution in [3.63, 3.8) is 0 Å². The van der Waals surface area contributed by atoms with Crippen LogP contribution in [0.25, 0.3) is 0 Å². The zero-order valence-corrected chi connectivity index (χ0v) is 16.2. The molecule has 3 atom stereocenters. The van der Waals surface area contributed by atoms with Gasteiger partial charge in [0.1, 0.15) is 5.82 Å². The van der Waals surface area contributed by atoms with Crippen LogP contribution in [0.4, 0.5) is 10.6 Å². The van der Waals surface area contributed by atoms with Crippen molar-refractivity contribution in [2.75, 3.05) is 18.9 Å². The number of nitrogens with one attached hydrogen (secondary N) is 3. The van der Waals surface area contributed by atoms with Crippen molar-refractivity contribution < 1.29 is 14.3 Å². The van der Waals surface area contributed by atoms with E-state index < -0.39 is 0 Å². The van der Waals surface area contributed by atoms with Gasteiger partial charge in [-0.15, -0.1) is 0 Å². The number of nitrogens with zero attached hydrogens (tertiary/aromatic N) is 1. The van der Waals surface area contributed by atoms with Gasteiger partial charge in [0, 0.05) is 37.4 Å². The standard InChI is InChI=1S/C19H31N5O3/c1-3-10-27-16-8-7-13(11-15(16)24-19(26)21-4-2)18(25)23-12-14-6-5-9-22-17(14)20/h5-6,9,13,15-16H,3-4,7-8,10-12H2,1-2H3,(H2,20,22)(H,23,25)(H2,21,24,26)/t13-,15+,16+/m0/s1. The molecule has 1 fully saturated rings. The summed E-state index contributed by atoms with van der Waals surface area (Å²) >= 11 is 0. The van der Waals surface area contributed by atoms with Gasteiger partial charge in [-0.05, 0) is 38.7 Å². The monoisotopic (exact) mass is 377 g/mol. The Morgan fingerprint density at radius 1 is 1.30 bits per heavy atom. The quantitative estimate of drug-likeness (QED) is 0.548. The molecule has 27 heavy (non-hydrogen) atoms. The number of anilines is 1. The van der Waals surface area contributed by atoms with Crippen LogP contribution >= 0.6 is 0 Å². The lowest BCUT2D eigenvalue weighted by Gasteiger charge is -2.35. The third kappa shape index (κ3) is 6.39. The molecule has 1 aromatic rings. The lowest BCUT2D eigenvalue weighted by molar-refractivity contribution is -0.127. The fourth-order valence-electron chi connectivity index (χ4n) is 3.31. The molecule has 0 radical (unpaired) electrons. The van der Waals surface area contributed by atoms with Crippen LogP contribution < -0.4 is 21.7 Å². The molecule has 1 aliphatic carbocycles. The van der Waals surface area contributed by atoms with Crippen LogP contribution in [0, 0.1) is 5.92 Å². The minimum atomic E-state index is -0.225. The first-order chi connectivity index (χ1) is 13.0. The lowest BCUT2D eigenvalue weighted by atomic mass is 9.83. The van der Waals surface area contributed by atoms with Gasteiger partial charge in [0.25, 0.3) is 0 Å². The maximum absolute atomic E-state index is 12.6. The smallest absolute Gasteiger partial charge is 0.315 e. The molecule has 8 nitrogen and oxygen atoms in total. The first kappa shape index (κ1) is 21.0. The highest BCUT2D eigenvalue weighted by Crippen LogP contribution is 2.27. The van der Waals surface area contributed by atoms with E-state index in [0.29, 0.717) is 31.9 Å². The van der Waals surface area contributed by atoms with Gasteiger partial charge in [-0.3, -0.25) is 4.79 Å². The number of carbonyl (C=O) groups is 2. The summed E-state index contributed by atoms with van der Waals surface area (Å²) in [5.41, 5.74) is 6.62. The van der Waals surface area contributed by atoms with Crippen molar-refractivity contribution in [1.29, 1.82) is 0 Å². The van der Waals surface area contributed by atoms with Crippen LogP contribution in [0.3, 0.4) is 0 Å². The number of nitrogens with two attached hydrogens (primary N) is 1. The van der Waals surface area contributed by atoms with Gasteiger partial charge >= 0.3 is 6.03 Å². The lowest BCUT2D eigenvalue weighted by Crippen LogP contribution is -2.52. The first-order valence-corrected chi connectivity index (χ1v) is 9.68. The van der Waals surface area contributed by atoms with Crippen LogP contribution in [0.1, 0.15) is 45.1 Å². The second kappa shape index (κ2) is 10.7. The van der Waals surface area contributed by atoms with Crippen molar-refractivity contribution in [3.05, 3.63) is 23.9 Å². The van der Waals surface area contributed by atoms with Gasteiger partial charge < -0.3 is 26.4 Å². The van der Waals surface area contributed by atoms with Gasteiger partial charge in [-0.1, -0.05) is 13.0 Å². The topological polar surface area (TPSA) is 118 Å². The maximum atomic E-state index is 12.6. The van der Waals surface area contributed by atoms with E-state index in [1.165, 1.54) is 0 Å². The number of urea groups is 1. The number of rotatable bonds is 8. The average molecular weight is 377 g/mol. The number of ether oxygens (including phenoxy) is 1. The molecule has 1 heterocycles. The maximum Gasteiger partial charge on any atom is 0.315 e. The molecule has 0 bridgehead atoms. The molecule has 2 rings (SSSR count). The van der Waals surface area contributed by atoms with Crippen LogP contribution in [0.2, 0.25) is 0 Å². The Hall–Kier alpha value is -2.35. The molecule has 0 unspecified atom stereocenters. The van der Waals surface area contributed by atoms with Crippen molar-refractivity contribution in [3.8, 4) is 0 Å². The summed E-state index contributed by atoms with van der Waals surface area (Å²) < 4.78 is 5.90. The fraction of sp³-hybridized carbons (Fsp3) is 0.632. The predicted molar refractivity (Wildman–Crippen MR) is 104 cm³/mol. The summed E-state index contributed by atoms with van der Waals surface area (Å²) in [6, 6.07) is 3.23. The highest BCUT2D eigenvalue weighted by atomic mass is 16.5. The Labute approximate surface area is 160 Å². The normalized spacial score (nSPS) is 22.1. The Balaban J connectivity index is 1.93. The van der Waals surface area contributed by atoms with Gasteiger partial charge in [-0.25, -0.2) is 9.78 Å². The molecule has 0 saturated heterocycles. The van der Waals surface area contributed by atoms with Crippen LogP contribution in [0.15, 0.2) is 18.3 Å². The SMILES string of the molecule is CCCO[C@@H]1CC[C@H](C(=O)NCc2cccnc2N)C[C@H]1NC(=O)NCC. The van der Waals surface area contributed by atoms with Crippen LogP contribution in [-0.2, 0) is 16.1 Å². The van der Waals surface area contributed by atoms with Crippen LogP contribution in [-0.4, -0.2) is 42.2 Å². The van der Waals surface area contributed by atoms with E-state index in [9.17, 15) is 9.59 Å². The number of hydrogen-bond donors (Lipinski definition) is 4. The number of nitrogen functional groups attached to an aromatic ring is 1. The number of amides is 3. The second-order valence-electron chi connectivity index (χ2n) is 6.80. The van der Waals surface area contributed by atoms with Gasteiger partial charge in [0.05, 0.1) is 12.1 Å². The van der Waals surface area contributed by atoms with E-state index in [1.807, 2.05) is 13.0 Å². The van der Waals surface area contributed by atoms with E-state index in [2.05, 4.69) is 27.9 Å². The predicted octanol–water partition coefficient (Wildman–Crippen LogP) is 1.56. The molecule has 5 N–H and O–H groups in total. The largest absolute Gasteiger partial charge is 0.383 e. The van der Waals surface area contributed by atoms with E-state index in [-0.39, 0.29) is 30.0 Å². The number of carbonyl (C=O) groups excluding carboxylic acids is 2. The third-order valence-corrected chi connectivity index (χ3v) is 4.73. The van der Waals surface area contributed by atoms with Crippen molar-refractivity contribution in [2.45, 2.75) is 58.2 Å². The fourth-order valence-corrected chi connectivity index (χ4v) is 3.31. The molecule has 150 valence electrons. The molecule has 0 aromatic carbocycles. The van der Waals surface area contributed by atoms with E-state index in [0.717, 1.165) is 24.8 Å². The molecular formula is C19H31N5O3. The summed E-state index contributed by atoms with van der Waals surface area (Å²) in [4.78, 5) is 28.6. The molecule has 8 heteroatoms. The summed E-state index contributed by atoms with van der Waals surface area (Å²) in [7, 11) is 0. The van der Waals surface area contributed by atoms with Gasteiger partial charge in [-0.2, -0.15) is 0 Å². The third-order valence-electron chi connectivity index (χ3n) is 4.73. The van der Waals surface area contributed by atoms with Crippen molar-refractivity contribution in [1.82, 2.24) is 20.9 Å². The summed E-state index contributed by atoms with van der Waals surface area (Å²) in [6.07, 6.45) is 4.50. The molecule has 0 aliphatic heterocycles. The minimum absolute atomic E-state index is 0.0325. The minimum Gasteiger partial charge on any atom is -0.383 e. The average Bonchev–Trinajstić information content (AvgIpc) is 2.66. The van der Waals surface area contributed by atoms with E-state index in [1.54, 1.807) is 12.3 Å². The first-order valence-electron chi connectivity index (χ1n) is 9.68. The van der Waals surface area contributed by atoms with Crippen LogP contribution in [0.5, 0.6) is 0 Å². The van der Waals surface area contributed by atoms with Crippen molar-refractivity contribution in [2.24, 2.45) is 5.92 Å². The summed E-state index contributed by atoms with van der Waals surface area (Å²) in [6.45, 7) is 5.46. The summed E-state index contributed by atoms with van der Waals surface area (Å²) in [5.74, 6) is 0.219. The Morgan fingerprint density at radius 3 is 2.81 bits per heavy atom. The summed E-state index contributed by atoms with van der Waals surface area (Å²) in [5, 5.41) is 8.64. The van der Waals surface area contributed by atoms with Gasteiger partial charge in [0.2, 0.25) is 5.91 Å².